The van der Waals surface area contributed by atoms with Crippen LogP contribution in [0.15, 0.2) is 36.4 Å². The highest BCUT2D eigenvalue weighted by Gasteiger charge is 2.61. The lowest BCUT2D eigenvalue weighted by molar-refractivity contribution is -0.148. The molecule has 4 saturated carbocycles. The minimum Gasteiger partial charge on any atom is -0.299 e. The van der Waals surface area contributed by atoms with Crippen LogP contribution < -0.4 is 0 Å². The Hall–Kier alpha value is -1.37. The van der Waals surface area contributed by atoms with Crippen molar-refractivity contribution < 1.29 is 4.79 Å². The highest BCUT2D eigenvalue weighted by atomic mass is 16.1. The summed E-state index contributed by atoms with van der Waals surface area (Å²) in [7, 11) is 0. The fourth-order valence-electron chi connectivity index (χ4n) is 10.4. The normalized spacial score (nSPS) is 40.4. The summed E-state index contributed by atoms with van der Waals surface area (Å²) in [6.07, 6.45) is 20.1. The number of ketones is 1. The largest absolute Gasteiger partial charge is 0.299 e. The topological polar surface area (TPSA) is 17.1 Å². The number of fused-ring (bicyclic) bond motifs is 5. The lowest BCUT2D eigenvalue weighted by Gasteiger charge is -2.61. The Bertz CT molecular complexity index is 945. The average Bonchev–Trinajstić information content (AvgIpc) is 3.22. The zero-order valence-electron chi connectivity index (χ0n) is 24.6. The number of carbonyl (C=O) groups is 1. The molecular weight excluding hydrogens is 448 g/mol. The summed E-state index contributed by atoms with van der Waals surface area (Å²) >= 11 is 0. The van der Waals surface area contributed by atoms with Crippen LogP contribution in [0.3, 0.4) is 0 Å². The van der Waals surface area contributed by atoms with Crippen molar-refractivity contribution in [2.75, 3.05) is 0 Å². The van der Waals surface area contributed by atoms with E-state index in [0.29, 0.717) is 22.5 Å². The SMILES string of the molecule is CC(C)CCC[C@@H](C)[C@H]1CC[C@H]2[C@@H]3CC[C@H]4CC(=O)C(C/C=C/c5ccccc5)C[C@]4(C)[C@H]3CC[C@]12C. The molecule has 1 heteroatoms. The van der Waals surface area contributed by atoms with Gasteiger partial charge in [-0.05, 0) is 109 Å². The van der Waals surface area contributed by atoms with Crippen LogP contribution in [0.25, 0.3) is 6.08 Å². The Labute approximate surface area is 228 Å². The number of Topliss-reactive ketones (excluding diaryl/α,β-unsaturated/α-hetero) is 1. The van der Waals surface area contributed by atoms with Gasteiger partial charge in [0.05, 0.1) is 0 Å². The quantitative estimate of drug-likeness (QED) is 0.345. The van der Waals surface area contributed by atoms with Crippen molar-refractivity contribution in [3.8, 4) is 0 Å². The Morgan fingerprint density at radius 2 is 1.68 bits per heavy atom. The summed E-state index contributed by atoms with van der Waals surface area (Å²) in [6, 6.07) is 10.6. The molecule has 1 nitrogen and oxygen atoms in total. The highest BCUT2D eigenvalue weighted by molar-refractivity contribution is 5.82. The maximum atomic E-state index is 13.2. The summed E-state index contributed by atoms with van der Waals surface area (Å²) in [6.45, 7) is 12.7. The first-order valence-corrected chi connectivity index (χ1v) is 16.0. The molecule has 204 valence electrons. The third-order valence-electron chi connectivity index (χ3n) is 12.4. The minimum absolute atomic E-state index is 0.227. The van der Waals surface area contributed by atoms with Gasteiger partial charge in [-0.3, -0.25) is 4.79 Å². The first kappa shape index (κ1) is 27.2. The predicted molar refractivity (Wildman–Crippen MR) is 157 cm³/mol. The van der Waals surface area contributed by atoms with Gasteiger partial charge in [0.1, 0.15) is 5.78 Å². The fraction of sp³-hybridized carbons (Fsp3) is 0.750. The van der Waals surface area contributed by atoms with E-state index in [1.807, 2.05) is 0 Å². The van der Waals surface area contributed by atoms with Crippen LogP contribution in [-0.4, -0.2) is 5.78 Å². The second kappa shape index (κ2) is 11.0. The molecule has 37 heavy (non-hydrogen) atoms. The highest BCUT2D eigenvalue weighted by Crippen LogP contribution is 2.68. The first-order valence-electron chi connectivity index (χ1n) is 16.0. The summed E-state index contributed by atoms with van der Waals surface area (Å²) in [5, 5.41) is 0. The molecule has 0 aliphatic heterocycles. The zero-order valence-corrected chi connectivity index (χ0v) is 24.6. The number of hydrogen-bond acceptors (Lipinski definition) is 1. The van der Waals surface area contributed by atoms with Gasteiger partial charge in [-0.25, -0.2) is 0 Å². The van der Waals surface area contributed by atoms with Gasteiger partial charge in [-0.15, -0.1) is 0 Å². The molecule has 0 aromatic heterocycles. The Morgan fingerprint density at radius 1 is 0.919 bits per heavy atom. The van der Waals surface area contributed by atoms with E-state index < -0.39 is 0 Å². The van der Waals surface area contributed by atoms with Crippen LogP contribution in [0.2, 0.25) is 0 Å². The molecule has 0 spiro atoms. The maximum Gasteiger partial charge on any atom is 0.136 e. The number of allylic oxidation sites excluding steroid dienone is 1. The number of benzene rings is 1. The van der Waals surface area contributed by atoms with Crippen molar-refractivity contribution >= 4 is 11.9 Å². The van der Waals surface area contributed by atoms with E-state index in [2.05, 4.69) is 77.1 Å². The van der Waals surface area contributed by atoms with Crippen LogP contribution >= 0.6 is 0 Å². The van der Waals surface area contributed by atoms with E-state index in [0.717, 1.165) is 54.8 Å². The molecule has 0 saturated heterocycles. The molecule has 0 radical (unpaired) electrons. The fourth-order valence-corrected chi connectivity index (χ4v) is 10.4. The zero-order chi connectivity index (χ0) is 26.2. The van der Waals surface area contributed by atoms with Gasteiger partial charge < -0.3 is 0 Å². The van der Waals surface area contributed by atoms with E-state index in [9.17, 15) is 4.79 Å². The monoisotopic (exact) mass is 502 g/mol. The smallest absolute Gasteiger partial charge is 0.136 e. The Kier molecular flexibility index (Phi) is 8.10. The summed E-state index contributed by atoms with van der Waals surface area (Å²) in [5.74, 6) is 6.73. The van der Waals surface area contributed by atoms with Gasteiger partial charge in [-0.1, -0.05) is 96.4 Å². The Morgan fingerprint density at radius 3 is 2.43 bits per heavy atom. The molecular formula is C36H54O. The third kappa shape index (κ3) is 5.27. The molecule has 0 N–H and O–H groups in total. The van der Waals surface area contributed by atoms with Crippen molar-refractivity contribution in [1.82, 2.24) is 0 Å². The summed E-state index contributed by atoms with van der Waals surface area (Å²) in [5.41, 5.74) is 2.17. The molecule has 9 atom stereocenters. The lowest BCUT2D eigenvalue weighted by Crippen LogP contribution is -2.55. The van der Waals surface area contributed by atoms with E-state index in [4.69, 9.17) is 0 Å². The van der Waals surface area contributed by atoms with Gasteiger partial charge in [0.15, 0.2) is 0 Å². The van der Waals surface area contributed by atoms with Gasteiger partial charge in [0.25, 0.3) is 0 Å². The second-order valence-corrected chi connectivity index (χ2v) is 14.8. The van der Waals surface area contributed by atoms with Crippen LogP contribution in [0, 0.1) is 58.2 Å². The standard InChI is InChI=1S/C36H54O/c1-25(2)11-9-12-26(3)31-19-20-32-30-18-17-29-23-34(37)28(16-10-15-27-13-7-6-8-14-27)24-36(29,5)33(30)21-22-35(31,32)4/h6-8,10,13-15,25-26,28-33H,9,11-12,16-24H2,1-5H3/b15-10+/t26-,28?,29+,30+,31-,32+,33+,35-,36+/m1/s1. The molecule has 4 aliphatic carbocycles. The summed E-state index contributed by atoms with van der Waals surface area (Å²) in [4.78, 5) is 13.2. The molecule has 0 bridgehead atoms. The van der Waals surface area contributed by atoms with Crippen molar-refractivity contribution in [2.24, 2.45) is 58.2 Å². The lowest BCUT2D eigenvalue weighted by atomic mass is 9.43. The molecule has 0 heterocycles. The maximum absolute atomic E-state index is 13.2. The van der Waals surface area contributed by atoms with Crippen molar-refractivity contribution in [1.29, 1.82) is 0 Å². The number of hydrogen-bond donors (Lipinski definition) is 0. The average molecular weight is 503 g/mol. The van der Waals surface area contributed by atoms with Gasteiger partial charge in [0, 0.05) is 12.3 Å². The Balaban J connectivity index is 1.27. The predicted octanol–water partition coefficient (Wildman–Crippen LogP) is 10.0. The van der Waals surface area contributed by atoms with E-state index >= 15 is 0 Å². The van der Waals surface area contributed by atoms with E-state index in [1.165, 1.54) is 63.4 Å². The molecule has 1 unspecified atom stereocenters. The van der Waals surface area contributed by atoms with Crippen LogP contribution in [0.5, 0.6) is 0 Å². The minimum atomic E-state index is 0.227. The van der Waals surface area contributed by atoms with Crippen LogP contribution in [0.4, 0.5) is 0 Å². The number of carbonyl (C=O) groups excluding carboxylic acids is 1. The number of rotatable bonds is 8. The molecule has 1 aromatic rings. The van der Waals surface area contributed by atoms with Gasteiger partial charge in [-0.2, -0.15) is 0 Å². The van der Waals surface area contributed by atoms with Crippen LogP contribution in [0.1, 0.15) is 117 Å². The van der Waals surface area contributed by atoms with Crippen LogP contribution in [-0.2, 0) is 4.79 Å². The summed E-state index contributed by atoms with van der Waals surface area (Å²) < 4.78 is 0. The molecule has 1 aromatic carbocycles. The van der Waals surface area contributed by atoms with Crippen molar-refractivity contribution in [3.05, 3.63) is 42.0 Å². The molecule has 0 amide bonds. The molecule has 4 aliphatic rings. The van der Waals surface area contributed by atoms with Crippen molar-refractivity contribution in [2.45, 2.75) is 112 Å². The molecule has 5 rings (SSSR count). The van der Waals surface area contributed by atoms with E-state index in [-0.39, 0.29) is 5.92 Å². The third-order valence-corrected chi connectivity index (χ3v) is 12.4. The van der Waals surface area contributed by atoms with Crippen molar-refractivity contribution in [3.63, 3.8) is 0 Å². The van der Waals surface area contributed by atoms with E-state index in [1.54, 1.807) is 0 Å². The van der Waals surface area contributed by atoms with Gasteiger partial charge in [0.2, 0.25) is 0 Å². The second-order valence-electron chi connectivity index (χ2n) is 14.8. The molecule has 4 fully saturated rings. The van der Waals surface area contributed by atoms with Gasteiger partial charge >= 0.3 is 0 Å². The first-order chi connectivity index (χ1) is 17.7.